The highest BCUT2D eigenvalue weighted by Gasteiger charge is 2.34. The molecular weight excluding hydrogens is 784 g/mol. The fraction of sp³-hybridized carbons (Fsp3) is 0.512. The summed E-state index contributed by atoms with van der Waals surface area (Å²) in [4.78, 5) is 97.4. The molecule has 60 heavy (non-hydrogen) atoms. The van der Waals surface area contributed by atoms with Crippen molar-refractivity contribution in [1.29, 1.82) is 0 Å². The summed E-state index contributed by atoms with van der Waals surface area (Å²) in [7, 11) is 0. The number of Topliss-reactive ketones (excluding diaryl/α,β-unsaturated/α-hetero) is 1. The Balaban J connectivity index is 1.99. The molecule has 6 amide bonds. The minimum Gasteiger partial charge on any atom is -0.508 e. The Morgan fingerprint density at radius 1 is 0.550 bits per heavy atom. The number of amides is 6. The molecule has 0 heterocycles. The number of phenols is 2. The van der Waals surface area contributed by atoms with Crippen LogP contribution in [-0.2, 0) is 52.6 Å². The van der Waals surface area contributed by atoms with Gasteiger partial charge in [0.15, 0.2) is 0 Å². The quantitative estimate of drug-likeness (QED) is 0.0296. The van der Waals surface area contributed by atoms with Gasteiger partial charge in [0.05, 0.1) is 39.6 Å². The molecule has 19 heteroatoms. The highest BCUT2D eigenvalue weighted by atomic mass is 16.5. The summed E-state index contributed by atoms with van der Waals surface area (Å²) >= 11 is 0. The lowest BCUT2D eigenvalue weighted by Crippen LogP contribution is -2.58. The maximum absolute atomic E-state index is 13.2. The summed E-state index contributed by atoms with van der Waals surface area (Å²) in [5.74, 6) is -2.18. The van der Waals surface area contributed by atoms with Gasteiger partial charge in [-0.15, -0.1) is 0 Å². The third kappa shape index (κ3) is 23.5. The zero-order valence-electron chi connectivity index (χ0n) is 34.0. The molecule has 0 radical (unpaired) electrons. The molecule has 0 saturated carbocycles. The molecule has 0 atom stereocenters. The summed E-state index contributed by atoms with van der Waals surface area (Å²) in [6.45, 7) is 1.08. The molecule has 2 aromatic carbocycles. The van der Waals surface area contributed by atoms with E-state index in [0.29, 0.717) is 30.5 Å². The van der Waals surface area contributed by atoms with Gasteiger partial charge in [0, 0.05) is 88.8 Å². The molecule has 2 rings (SSSR count). The zero-order chi connectivity index (χ0) is 44.0. The molecule has 0 unspecified atom stereocenters. The van der Waals surface area contributed by atoms with Crippen molar-refractivity contribution >= 4 is 58.9 Å². The van der Waals surface area contributed by atoms with Crippen molar-refractivity contribution in [3.63, 3.8) is 0 Å². The highest BCUT2D eigenvalue weighted by molar-refractivity contribution is 5.92. The summed E-state index contributed by atoms with van der Waals surface area (Å²) in [5, 5.41) is 34.9. The van der Waals surface area contributed by atoms with Crippen molar-refractivity contribution in [2.75, 3.05) is 69.9 Å². The number of carbonyl (C=O) groups excluding carboxylic acids is 8. The van der Waals surface area contributed by atoms with Gasteiger partial charge in [-0.05, 0) is 55.0 Å². The average molecular weight is 843 g/mol. The van der Waals surface area contributed by atoms with Gasteiger partial charge in [0.2, 0.25) is 35.4 Å². The van der Waals surface area contributed by atoms with E-state index in [4.69, 9.17) is 14.2 Å². The van der Waals surface area contributed by atoms with Crippen LogP contribution in [0.2, 0.25) is 0 Å². The number of hydrogen-bond acceptors (Lipinski definition) is 13. The molecule has 2 aromatic rings. The van der Waals surface area contributed by atoms with Crippen LogP contribution < -0.4 is 31.9 Å². The van der Waals surface area contributed by atoms with Gasteiger partial charge in [-0.25, -0.2) is 0 Å². The number of anilines is 2. The smallest absolute Gasteiger partial charge is 0.226 e. The SMILES string of the molecule is CCC(=O)CCCC(=O)NC(COCCC(=O)NCCC=O)(COCCC(=O)NCCC(=O)Nc1ccc(O)cc1)COCCC(=O)NCCC(=O)Nc1ccc(O)cc1. The third-order valence-corrected chi connectivity index (χ3v) is 8.45. The molecule has 0 fully saturated rings. The number of nitrogens with one attached hydrogen (secondary N) is 6. The van der Waals surface area contributed by atoms with Crippen LogP contribution in [0.25, 0.3) is 0 Å². The molecule has 8 N–H and O–H groups in total. The zero-order valence-corrected chi connectivity index (χ0v) is 34.0. The number of phenolic OH excluding ortho intramolecular Hbond substituents is 2. The summed E-state index contributed by atoms with van der Waals surface area (Å²) in [6.07, 6.45) is 1.40. The Morgan fingerprint density at radius 3 is 1.37 bits per heavy atom. The summed E-state index contributed by atoms with van der Waals surface area (Å²) in [6, 6.07) is 11.9. The van der Waals surface area contributed by atoms with Crippen LogP contribution in [0.15, 0.2) is 48.5 Å². The van der Waals surface area contributed by atoms with Crippen LogP contribution in [-0.4, -0.2) is 123 Å². The molecule has 0 bridgehead atoms. The van der Waals surface area contributed by atoms with Gasteiger partial charge >= 0.3 is 0 Å². The minimum absolute atomic E-state index is 0.00190. The van der Waals surface area contributed by atoms with E-state index < -0.39 is 23.3 Å². The summed E-state index contributed by atoms with van der Waals surface area (Å²) < 4.78 is 17.5. The van der Waals surface area contributed by atoms with E-state index in [0.717, 1.165) is 0 Å². The van der Waals surface area contributed by atoms with E-state index in [-0.39, 0.29) is 146 Å². The molecule has 19 nitrogen and oxygen atoms in total. The third-order valence-electron chi connectivity index (χ3n) is 8.45. The number of carbonyl (C=O) groups is 8. The van der Waals surface area contributed by atoms with Gasteiger partial charge in [-0.3, -0.25) is 33.6 Å². The largest absolute Gasteiger partial charge is 0.508 e. The average Bonchev–Trinajstić information content (AvgIpc) is 3.21. The Labute approximate surface area is 349 Å². The van der Waals surface area contributed by atoms with Crippen LogP contribution >= 0.6 is 0 Å². The monoisotopic (exact) mass is 842 g/mol. The van der Waals surface area contributed by atoms with E-state index in [1.54, 1.807) is 6.92 Å². The number of benzene rings is 2. The van der Waals surface area contributed by atoms with Gasteiger partial charge in [-0.2, -0.15) is 0 Å². The van der Waals surface area contributed by atoms with E-state index >= 15 is 0 Å². The second-order valence-corrected chi connectivity index (χ2v) is 13.7. The van der Waals surface area contributed by atoms with Gasteiger partial charge in [-0.1, -0.05) is 6.92 Å². The van der Waals surface area contributed by atoms with Crippen molar-refractivity contribution in [1.82, 2.24) is 21.3 Å². The Kier molecular flexibility index (Phi) is 24.5. The second kappa shape index (κ2) is 29.3. The van der Waals surface area contributed by atoms with Crippen LogP contribution in [0.3, 0.4) is 0 Å². The van der Waals surface area contributed by atoms with Crippen LogP contribution in [0.5, 0.6) is 11.5 Å². The first-order chi connectivity index (χ1) is 28.8. The maximum Gasteiger partial charge on any atom is 0.226 e. The van der Waals surface area contributed by atoms with Gasteiger partial charge < -0.3 is 61.1 Å². The van der Waals surface area contributed by atoms with E-state index in [1.807, 2.05) is 0 Å². The lowest BCUT2D eigenvalue weighted by molar-refractivity contribution is -0.131. The Morgan fingerprint density at radius 2 is 0.967 bits per heavy atom. The second-order valence-electron chi connectivity index (χ2n) is 13.7. The molecular formula is C41H58N6O13. The molecule has 0 aliphatic rings. The fourth-order valence-corrected chi connectivity index (χ4v) is 5.21. The highest BCUT2D eigenvalue weighted by Crippen LogP contribution is 2.15. The van der Waals surface area contributed by atoms with Crippen LogP contribution in [0.1, 0.15) is 71.1 Å². The van der Waals surface area contributed by atoms with Crippen molar-refractivity contribution in [3.05, 3.63) is 48.5 Å². The summed E-state index contributed by atoms with van der Waals surface area (Å²) in [5.41, 5.74) is -0.395. The maximum atomic E-state index is 13.2. The van der Waals surface area contributed by atoms with Gasteiger partial charge in [0.1, 0.15) is 29.1 Å². The fourth-order valence-electron chi connectivity index (χ4n) is 5.21. The van der Waals surface area contributed by atoms with Crippen molar-refractivity contribution in [2.45, 2.75) is 76.7 Å². The first kappa shape index (κ1) is 50.2. The van der Waals surface area contributed by atoms with Crippen LogP contribution in [0.4, 0.5) is 11.4 Å². The van der Waals surface area contributed by atoms with Crippen molar-refractivity contribution in [3.8, 4) is 11.5 Å². The minimum atomic E-state index is -1.37. The van der Waals surface area contributed by atoms with Gasteiger partial charge in [0.25, 0.3) is 0 Å². The van der Waals surface area contributed by atoms with Crippen molar-refractivity contribution in [2.24, 2.45) is 0 Å². The first-order valence-electron chi connectivity index (χ1n) is 19.8. The molecule has 0 aromatic heterocycles. The Bertz CT molecular complexity index is 1590. The van der Waals surface area contributed by atoms with E-state index in [1.165, 1.54) is 48.5 Å². The van der Waals surface area contributed by atoms with E-state index in [9.17, 15) is 48.6 Å². The molecule has 330 valence electrons. The lowest BCUT2D eigenvalue weighted by Gasteiger charge is -2.34. The molecule has 0 aliphatic carbocycles. The predicted molar refractivity (Wildman–Crippen MR) is 219 cm³/mol. The topological polar surface area (TPSA) is 277 Å². The number of ether oxygens (including phenoxy) is 3. The van der Waals surface area contributed by atoms with Crippen LogP contribution in [0, 0.1) is 0 Å². The molecule has 0 spiro atoms. The number of hydrogen-bond donors (Lipinski definition) is 8. The standard InChI is InChI=1S/C41H58N6O13/c1-2-32(49)5-3-6-40(57)47-41(27-58-24-17-35(52)42-20-4-23-48,28-59-25-18-36(53)43-21-15-38(55)45-30-7-11-33(50)12-8-30)29-60-26-19-37(54)44-22-16-39(56)46-31-9-13-34(51)14-10-31/h7-14,23,50-51H,2-6,15-22,24-29H2,1H3,(H,42,52)(H,43,53)(H,44,54)(H,45,55)(H,46,56)(H,47,57). The predicted octanol–water partition coefficient (Wildman–Crippen LogP) is 1.62. The number of aromatic hydroxyl groups is 2. The number of ketones is 1. The number of aldehydes is 1. The molecule has 0 saturated heterocycles. The van der Waals surface area contributed by atoms with Crippen molar-refractivity contribution < 1.29 is 62.8 Å². The molecule has 0 aliphatic heterocycles. The van der Waals surface area contributed by atoms with E-state index in [2.05, 4.69) is 31.9 Å². The Hall–Kier alpha value is -5.92. The number of rotatable bonds is 32. The first-order valence-corrected chi connectivity index (χ1v) is 19.8. The lowest BCUT2D eigenvalue weighted by atomic mass is 10.0. The normalized spacial score (nSPS) is 10.9.